The van der Waals surface area contributed by atoms with Gasteiger partial charge in [-0.05, 0) is 12.1 Å². The molecular weight excluding hydrogens is 145 g/mol. The van der Waals surface area contributed by atoms with E-state index >= 15 is 0 Å². The number of pyridine rings is 1. The second kappa shape index (κ2) is 3.25. The molecule has 0 fully saturated rings. The zero-order valence-corrected chi connectivity index (χ0v) is 5.87. The van der Waals surface area contributed by atoms with Crippen molar-refractivity contribution in [3.8, 4) is 0 Å². The molecule has 0 saturated heterocycles. The largest absolute Gasteiger partial charge is 0.383 e. The second-order valence-electron chi connectivity index (χ2n) is 2.05. The van der Waals surface area contributed by atoms with Crippen LogP contribution < -0.4 is 0 Å². The van der Waals surface area contributed by atoms with Crippen LogP contribution in [0.1, 0.15) is 11.8 Å². The Kier molecular flexibility index (Phi) is 2.33. The van der Waals surface area contributed by atoms with Gasteiger partial charge >= 0.3 is 0 Å². The third kappa shape index (κ3) is 1.62. The molecule has 1 atom stereocenters. The van der Waals surface area contributed by atoms with Crippen LogP contribution in [0.25, 0.3) is 0 Å². The third-order valence-electron chi connectivity index (χ3n) is 1.29. The lowest BCUT2D eigenvalue weighted by atomic mass is 10.2. The van der Waals surface area contributed by atoms with Crippen molar-refractivity contribution in [2.45, 2.75) is 6.10 Å². The molecule has 0 aliphatic rings. The molecule has 0 aromatic carbocycles. The van der Waals surface area contributed by atoms with E-state index in [0.717, 1.165) is 0 Å². The Hall–Kier alpha value is -1.22. The number of aliphatic hydroxyl groups excluding tert-OH is 1. The van der Waals surface area contributed by atoms with Crippen molar-refractivity contribution in [2.24, 2.45) is 0 Å². The van der Waals surface area contributed by atoms with Crippen LogP contribution in [0.5, 0.6) is 0 Å². The molecule has 58 valence electrons. The van der Waals surface area contributed by atoms with Crippen LogP contribution in [0.3, 0.4) is 0 Å². The Morgan fingerprint density at radius 3 is 3.00 bits per heavy atom. The normalized spacial score (nSPS) is 12.5. The molecule has 1 aromatic rings. The number of halogens is 1. The Balaban J connectivity index is 3.02. The molecule has 0 saturated carbocycles. The first-order chi connectivity index (χ1) is 5.25. The van der Waals surface area contributed by atoms with Gasteiger partial charge in [-0.3, -0.25) is 4.98 Å². The SMILES string of the molecule is C=CC(O)c1ncccc1F. The van der Waals surface area contributed by atoms with Gasteiger partial charge in [-0.15, -0.1) is 6.58 Å². The van der Waals surface area contributed by atoms with E-state index in [1.807, 2.05) is 0 Å². The van der Waals surface area contributed by atoms with Crippen molar-refractivity contribution in [3.05, 3.63) is 42.5 Å². The average Bonchev–Trinajstić information content (AvgIpc) is 2.04. The van der Waals surface area contributed by atoms with Crippen LogP contribution in [-0.4, -0.2) is 10.1 Å². The van der Waals surface area contributed by atoms with Gasteiger partial charge in [-0.1, -0.05) is 6.08 Å². The minimum absolute atomic E-state index is 0.0162. The van der Waals surface area contributed by atoms with Crippen LogP contribution >= 0.6 is 0 Å². The summed E-state index contributed by atoms with van der Waals surface area (Å²) in [6.07, 6.45) is 1.63. The van der Waals surface area contributed by atoms with Crippen LogP contribution in [-0.2, 0) is 0 Å². The van der Waals surface area contributed by atoms with Crippen LogP contribution in [0, 0.1) is 5.82 Å². The number of aliphatic hydroxyl groups is 1. The Morgan fingerprint density at radius 2 is 2.45 bits per heavy atom. The summed E-state index contributed by atoms with van der Waals surface area (Å²) >= 11 is 0. The van der Waals surface area contributed by atoms with Crippen LogP contribution in [0.4, 0.5) is 4.39 Å². The highest BCUT2D eigenvalue weighted by atomic mass is 19.1. The topological polar surface area (TPSA) is 33.1 Å². The van der Waals surface area contributed by atoms with Crippen molar-refractivity contribution in [1.29, 1.82) is 0 Å². The number of rotatable bonds is 2. The quantitative estimate of drug-likeness (QED) is 0.652. The van der Waals surface area contributed by atoms with Gasteiger partial charge in [-0.25, -0.2) is 4.39 Å². The summed E-state index contributed by atoms with van der Waals surface area (Å²) in [5.41, 5.74) is 0.0162. The predicted molar refractivity (Wildman–Crippen MR) is 39.4 cm³/mol. The first-order valence-electron chi connectivity index (χ1n) is 3.16. The van der Waals surface area contributed by atoms with Gasteiger partial charge in [0, 0.05) is 6.20 Å². The van der Waals surface area contributed by atoms with Crippen molar-refractivity contribution in [3.63, 3.8) is 0 Å². The molecule has 1 aromatic heterocycles. The smallest absolute Gasteiger partial charge is 0.147 e. The third-order valence-corrected chi connectivity index (χ3v) is 1.29. The molecule has 0 aliphatic carbocycles. The van der Waals surface area contributed by atoms with Gasteiger partial charge in [0.25, 0.3) is 0 Å². The van der Waals surface area contributed by atoms with Gasteiger partial charge in [-0.2, -0.15) is 0 Å². The Bertz CT molecular complexity index is 262. The molecule has 1 rings (SSSR count). The molecule has 0 amide bonds. The highest BCUT2D eigenvalue weighted by Crippen LogP contribution is 2.13. The van der Waals surface area contributed by atoms with E-state index in [1.54, 1.807) is 0 Å². The number of nitrogens with zero attached hydrogens (tertiary/aromatic N) is 1. The van der Waals surface area contributed by atoms with Crippen molar-refractivity contribution in [2.75, 3.05) is 0 Å². The maximum Gasteiger partial charge on any atom is 0.147 e. The van der Waals surface area contributed by atoms with Gasteiger partial charge < -0.3 is 5.11 Å². The van der Waals surface area contributed by atoms with Gasteiger partial charge in [0.15, 0.2) is 0 Å². The highest BCUT2D eigenvalue weighted by Gasteiger charge is 2.08. The van der Waals surface area contributed by atoms with Crippen molar-refractivity contribution in [1.82, 2.24) is 4.98 Å². The summed E-state index contributed by atoms with van der Waals surface area (Å²) in [6, 6.07) is 2.71. The van der Waals surface area contributed by atoms with E-state index in [-0.39, 0.29) is 5.69 Å². The van der Waals surface area contributed by atoms with Crippen LogP contribution in [0.15, 0.2) is 31.0 Å². The molecule has 1 N–H and O–H groups in total. The molecule has 1 heterocycles. The van der Waals surface area contributed by atoms with E-state index in [0.29, 0.717) is 0 Å². The average molecular weight is 153 g/mol. The maximum atomic E-state index is 12.8. The van der Waals surface area contributed by atoms with E-state index in [4.69, 9.17) is 5.11 Å². The molecule has 0 spiro atoms. The summed E-state index contributed by atoms with van der Waals surface area (Å²) in [7, 11) is 0. The first-order valence-corrected chi connectivity index (χ1v) is 3.16. The molecule has 0 aliphatic heterocycles. The summed E-state index contributed by atoms with van der Waals surface area (Å²) in [4.78, 5) is 3.65. The first kappa shape index (κ1) is 7.88. The van der Waals surface area contributed by atoms with E-state index in [9.17, 15) is 4.39 Å². The maximum absolute atomic E-state index is 12.8. The van der Waals surface area contributed by atoms with Crippen molar-refractivity contribution >= 4 is 0 Å². The number of hydrogen-bond donors (Lipinski definition) is 1. The van der Waals surface area contributed by atoms with Crippen molar-refractivity contribution < 1.29 is 9.50 Å². The molecule has 0 bridgehead atoms. The summed E-state index contributed by atoms with van der Waals surface area (Å²) in [5, 5.41) is 9.09. The minimum atomic E-state index is -1.02. The fourth-order valence-electron chi connectivity index (χ4n) is 0.727. The van der Waals surface area contributed by atoms with Gasteiger partial charge in [0.1, 0.15) is 17.6 Å². The molecule has 0 radical (unpaired) electrons. The highest BCUT2D eigenvalue weighted by molar-refractivity contribution is 5.13. The summed E-state index contributed by atoms with van der Waals surface area (Å²) in [6.45, 7) is 3.32. The molecular formula is C8H8FNO. The molecule has 11 heavy (non-hydrogen) atoms. The zero-order valence-electron chi connectivity index (χ0n) is 5.87. The predicted octanol–water partition coefficient (Wildman–Crippen LogP) is 1.44. The van der Waals surface area contributed by atoms with Gasteiger partial charge in [0.05, 0.1) is 0 Å². The monoisotopic (exact) mass is 153 g/mol. The summed E-state index contributed by atoms with van der Waals surface area (Å²) < 4.78 is 12.8. The lowest BCUT2D eigenvalue weighted by Gasteiger charge is -2.03. The lowest BCUT2D eigenvalue weighted by Crippen LogP contribution is -1.99. The Labute approximate surface area is 64.0 Å². The Morgan fingerprint density at radius 1 is 1.73 bits per heavy atom. The fourth-order valence-corrected chi connectivity index (χ4v) is 0.727. The lowest BCUT2D eigenvalue weighted by molar-refractivity contribution is 0.218. The van der Waals surface area contributed by atoms with Gasteiger partial charge in [0.2, 0.25) is 0 Å². The van der Waals surface area contributed by atoms with E-state index < -0.39 is 11.9 Å². The molecule has 1 unspecified atom stereocenters. The number of hydrogen-bond acceptors (Lipinski definition) is 2. The zero-order chi connectivity index (χ0) is 8.27. The fraction of sp³-hybridized carbons (Fsp3) is 0.125. The molecule has 2 nitrogen and oxygen atoms in total. The number of aromatic nitrogens is 1. The summed E-state index contributed by atoms with van der Waals surface area (Å²) in [5.74, 6) is -0.514. The second-order valence-corrected chi connectivity index (χ2v) is 2.05. The molecule has 3 heteroatoms. The van der Waals surface area contributed by atoms with E-state index in [1.165, 1.54) is 24.4 Å². The van der Waals surface area contributed by atoms with Crippen LogP contribution in [0.2, 0.25) is 0 Å². The minimum Gasteiger partial charge on any atom is -0.383 e. The van der Waals surface area contributed by atoms with E-state index in [2.05, 4.69) is 11.6 Å². The standard InChI is InChI=1S/C8H8FNO/c1-2-7(11)8-6(9)4-3-5-10-8/h2-5,7,11H,1H2.